The highest BCUT2D eigenvalue weighted by molar-refractivity contribution is 5.89. The predicted octanol–water partition coefficient (Wildman–Crippen LogP) is 2.92. The van der Waals surface area contributed by atoms with Gasteiger partial charge in [0.15, 0.2) is 11.5 Å². The maximum atomic E-state index is 11.9. The number of carbonyl (C=O) groups is 1. The number of aromatic nitrogens is 2. The van der Waals surface area contributed by atoms with Crippen LogP contribution in [0.15, 0.2) is 36.7 Å². The van der Waals surface area contributed by atoms with Gasteiger partial charge in [0, 0.05) is 18.9 Å². The Kier molecular flexibility index (Phi) is 4.91. The molecule has 0 bridgehead atoms. The van der Waals surface area contributed by atoms with Crippen molar-refractivity contribution >= 4 is 11.8 Å². The number of ether oxygens (including phenoxy) is 1. The normalized spacial score (nSPS) is 10.7. The van der Waals surface area contributed by atoms with Crippen molar-refractivity contribution in [3.05, 3.63) is 53.5 Å². The molecule has 2 rings (SSSR count). The maximum Gasteiger partial charge on any atom is 0.338 e. The minimum atomic E-state index is -0.517. The minimum Gasteiger partial charge on any atom is -0.456 e. The number of hydrogen-bond donors (Lipinski definition) is 1. The monoisotopic (exact) mass is 310 g/mol. The molecular weight excluding hydrogens is 292 g/mol. The molecule has 0 aliphatic carbocycles. The van der Waals surface area contributed by atoms with Crippen LogP contribution in [-0.2, 0) is 11.3 Å². The Hall–Kier alpha value is -2.94. The molecular formula is C17H18N4O2. The topological polar surface area (TPSA) is 87.9 Å². The van der Waals surface area contributed by atoms with E-state index in [0.29, 0.717) is 17.9 Å². The van der Waals surface area contributed by atoms with Crippen molar-refractivity contribution in [2.45, 2.75) is 32.9 Å². The Balaban J connectivity index is 2.01. The maximum absolute atomic E-state index is 11.9. The minimum absolute atomic E-state index is 0.248. The molecule has 0 amide bonds. The third kappa shape index (κ3) is 4.78. The first-order chi connectivity index (χ1) is 10.9. The van der Waals surface area contributed by atoms with Crippen molar-refractivity contribution < 1.29 is 9.53 Å². The van der Waals surface area contributed by atoms with E-state index >= 15 is 0 Å². The summed E-state index contributed by atoms with van der Waals surface area (Å²) in [5.41, 5.74) is 1.18. The fourth-order valence-electron chi connectivity index (χ4n) is 1.83. The van der Waals surface area contributed by atoms with Crippen LogP contribution in [0.2, 0.25) is 0 Å². The zero-order valence-corrected chi connectivity index (χ0v) is 13.3. The molecule has 6 nitrogen and oxygen atoms in total. The first kappa shape index (κ1) is 16.4. The van der Waals surface area contributed by atoms with Crippen LogP contribution in [0.1, 0.15) is 42.4 Å². The molecule has 6 heteroatoms. The van der Waals surface area contributed by atoms with E-state index < -0.39 is 5.60 Å². The summed E-state index contributed by atoms with van der Waals surface area (Å²) in [5, 5.41) is 12.0. The number of rotatable bonds is 4. The molecule has 23 heavy (non-hydrogen) atoms. The summed E-state index contributed by atoms with van der Waals surface area (Å²) < 4.78 is 5.31. The quantitative estimate of drug-likeness (QED) is 0.874. The Morgan fingerprint density at radius 1 is 1.22 bits per heavy atom. The van der Waals surface area contributed by atoms with E-state index in [-0.39, 0.29) is 11.7 Å². The number of nitrogens with one attached hydrogen (secondary N) is 1. The Labute approximate surface area is 135 Å². The fourth-order valence-corrected chi connectivity index (χ4v) is 1.83. The van der Waals surface area contributed by atoms with E-state index in [9.17, 15) is 4.79 Å². The Morgan fingerprint density at radius 3 is 2.48 bits per heavy atom. The summed E-state index contributed by atoms with van der Waals surface area (Å²) in [6, 6.07) is 9.07. The molecule has 2 aromatic rings. The summed E-state index contributed by atoms with van der Waals surface area (Å²) in [5.74, 6) is 0.0870. The molecule has 0 aliphatic rings. The van der Waals surface area contributed by atoms with Crippen LogP contribution in [0.3, 0.4) is 0 Å². The summed E-state index contributed by atoms with van der Waals surface area (Å²) in [7, 11) is 0. The number of hydrogen-bond acceptors (Lipinski definition) is 6. The highest BCUT2D eigenvalue weighted by atomic mass is 16.6. The average Bonchev–Trinajstić information content (AvgIpc) is 2.52. The van der Waals surface area contributed by atoms with Gasteiger partial charge in [-0.25, -0.2) is 14.8 Å². The van der Waals surface area contributed by atoms with Gasteiger partial charge in [-0.2, -0.15) is 5.26 Å². The SMILES string of the molecule is CC(C)(C)OC(=O)c1ccc(CNc2nccnc2C#N)cc1. The molecule has 0 spiro atoms. The lowest BCUT2D eigenvalue weighted by molar-refractivity contribution is 0.00695. The summed E-state index contributed by atoms with van der Waals surface area (Å²) in [6.07, 6.45) is 2.99. The van der Waals surface area contributed by atoms with E-state index in [1.54, 1.807) is 12.1 Å². The molecule has 0 saturated carbocycles. The summed E-state index contributed by atoms with van der Waals surface area (Å²) in [6.45, 7) is 5.96. The van der Waals surface area contributed by atoms with Gasteiger partial charge in [-0.1, -0.05) is 12.1 Å². The number of esters is 1. The second-order valence-electron chi connectivity index (χ2n) is 5.92. The van der Waals surface area contributed by atoms with E-state index in [1.165, 1.54) is 12.4 Å². The predicted molar refractivity (Wildman–Crippen MR) is 85.7 cm³/mol. The Bertz CT molecular complexity index is 727. The first-order valence-corrected chi connectivity index (χ1v) is 7.16. The highest BCUT2D eigenvalue weighted by Crippen LogP contribution is 2.14. The summed E-state index contributed by atoms with van der Waals surface area (Å²) in [4.78, 5) is 20.0. The van der Waals surface area contributed by atoms with Gasteiger partial charge < -0.3 is 10.1 Å². The fraction of sp³-hybridized carbons (Fsp3) is 0.294. The van der Waals surface area contributed by atoms with Crippen molar-refractivity contribution in [2.24, 2.45) is 0 Å². The molecule has 1 N–H and O–H groups in total. The van der Waals surface area contributed by atoms with Gasteiger partial charge in [-0.15, -0.1) is 0 Å². The van der Waals surface area contributed by atoms with E-state index in [0.717, 1.165) is 5.56 Å². The molecule has 0 aliphatic heterocycles. The van der Waals surface area contributed by atoms with Crippen LogP contribution in [0.4, 0.5) is 5.82 Å². The lowest BCUT2D eigenvalue weighted by atomic mass is 10.1. The van der Waals surface area contributed by atoms with Crippen molar-refractivity contribution in [3.8, 4) is 6.07 Å². The molecule has 0 atom stereocenters. The van der Waals surface area contributed by atoms with Crippen molar-refractivity contribution in [3.63, 3.8) is 0 Å². The van der Waals surface area contributed by atoms with Crippen LogP contribution >= 0.6 is 0 Å². The van der Waals surface area contributed by atoms with Crippen molar-refractivity contribution in [1.82, 2.24) is 9.97 Å². The van der Waals surface area contributed by atoms with E-state index in [2.05, 4.69) is 15.3 Å². The van der Waals surface area contributed by atoms with Gasteiger partial charge in [0.25, 0.3) is 0 Å². The van der Waals surface area contributed by atoms with Crippen molar-refractivity contribution in [2.75, 3.05) is 5.32 Å². The smallest absolute Gasteiger partial charge is 0.338 e. The van der Waals surface area contributed by atoms with Crippen LogP contribution in [0.5, 0.6) is 0 Å². The van der Waals surface area contributed by atoms with Gasteiger partial charge in [-0.05, 0) is 38.5 Å². The summed E-state index contributed by atoms with van der Waals surface area (Å²) >= 11 is 0. The number of nitriles is 1. The van der Waals surface area contributed by atoms with Crippen LogP contribution < -0.4 is 5.32 Å². The van der Waals surface area contributed by atoms with Gasteiger partial charge in [0.2, 0.25) is 0 Å². The van der Waals surface area contributed by atoms with Gasteiger partial charge in [0.1, 0.15) is 11.7 Å². The zero-order chi connectivity index (χ0) is 16.9. The van der Waals surface area contributed by atoms with E-state index in [4.69, 9.17) is 10.00 Å². The van der Waals surface area contributed by atoms with Gasteiger partial charge in [-0.3, -0.25) is 0 Å². The van der Waals surface area contributed by atoms with E-state index in [1.807, 2.05) is 39.0 Å². The van der Waals surface area contributed by atoms with Gasteiger partial charge >= 0.3 is 5.97 Å². The molecule has 0 fully saturated rings. The van der Waals surface area contributed by atoms with Gasteiger partial charge in [0.05, 0.1) is 5.56 Å². The molecule has 1 aromatic heterocycles. The van der Waals surface area contributed by atoms with Crippen LogP contribution in [0, 0.1) is 11.3 Å². The molecule has 1 heterocycles. The molecule has 0 radical (unpaired) electrons. The van der Waals surface area contributed by atoms with Crippen LogP contribution in [0.25, 0.3) is 0 Å². The second kappa shape index (κ2) is 6.88. The molecule has 0 unspecified atom stereocenters. The van der Waals surface area contributed by atoms with Crippen molar-refractivity contribution in [1.29, 1.82) is 5.26 Å². The standard InChI is InChI=1S/C17H18N4O2/c1-17(2,3)23-16(22)13-6-4-12(5-7-13)11-21-15-14(10-18)19-8-9-20-15/h4-9H,11H2,1-3H3,(H,20,21). The third-order valence-electron chi connectivity index (χ3n) is 2.85. The second-order valence-corrected chi connectivity index (χ2v) is 5.92. The molecule has 1 aromatic carbocycles. The largest absolute Gasteiger partial charge is 0.456 e. The Morgan fingerprint density at radius 2 is 1.87 bits per heavy atom. The lowest BCUT2D eigenvalue weighted by Crippen LogP contribution is -2.23. The molecule has 0 saturated heterocycles. The zero-order valence-electron chi connectivity index (χ0n) is 13.3. The number of nitrogens with zero attached hydrogens (tertiary/aromatic N) is 3. The average molecular weight is 310 g/mol. The first-order valence-electron chi connectivity index (χ1n) is 7.16. The molecule has 118 valence electrons. The third-order valence-corrected chi connectivity index (χ3v) is 2.85. The number of carbonyl (C=O) groups excluding carboxylic acids is 1. The highest BCUT2D eigenvalue weighted by Gasteiger charge is 2.17. The number of benzene rings is 1. The lowest BCUT2D eigenvalue weighted by Gasteiger charge is -2.19. The van der Waals surface area contributed by atoms with Crippen LogP contribution in [-0.4, -0.2) is 21.5 Å². The number of anilines is 1.